The molecule has 0 saturated heterocycles. The van der Waals surface area contributed by atoms with Crippen molar-refractivity contribution in [3.05, 3.63) is 94.0 Å². The molecule has 1 amide bonds. The zero-order valence-corrected chi connectivity index (χ0v) is 20.3. The van der Waals surface area contributed by atoms with Gasteiger partial charge in [0.15, 0.2) is 5.16 Å². The first-order chi connectivity index (χ1) is 16.3. The molecule has 174 valence electrons. The summed E-state index contributed by atoms with van der Waals surface area (Å²) in [5.74, 6) is -0.516. The summed E-state index contributed by atoms with van der Waals surface area (Å²) < 4.78 is 16.0. The number of aromatic nitrogens is 2. The van der Waals surface area contributed by atoms with Gasteiger partial charge in [-0.15, -0.1) is 0 Å². The minimum Gasteiger partial charge on any atom is -0.325 e. The molecule has 0 aliphatic carbocycles. The van der Waals surface area contributed by atoms with Crippen molar-refractivity contribution in [3.8, 4) is 5.69 Å². The fraction of sp³-hybridized carbons (Fsp3) is 0.222. The largest absolute Gasteiger partial charge is 0.325 e. The summed E-state index contributed by atoms with van der Waals surface area (Å²) in [6.07, 6.45) is 0. The molecule has 0 radical (unpaired) electrons. The zero-order chi connectivity index (χ0) is 24.4. The maximum Gasteiger partial charge on any atom is 0.266 e. The SMILES string of the molecule is Cc1cccc(C(C)C)c1NC(=O)C(C)Sc1nc2ccccc2c(=O)n1-c1ccccc1F. The van der Waals surface area contributed by atoms with Gasteiger partial charge in [-0.25, -0.2) is 9.37 Å². The average Bonchev–Trinajstić information content (AvgIpc) is 2.81. The van der Waals surface area contributed by atoms with Crippen LogP contribution in [0.5, 0.6) is 0 Å². The molecule has 0 aliphatic rings. The third kappa shape index (κ3) is 4.61. The second-order valence-electron chi connectivity index (χ2n) is 8.45. The summed E-state index contributed by atoms with van der Waals surface area (Å²) in [6, 6.07) is 18.9. The van der Waals surface area contributed by atoms with Crippen LogP contribution in [0.15, 0.2) is 76.7 Å². The number of fused-ring (bicyclic) bond motifs is 1. The Balaban J connectivity index is 1.74. The summed E-state index contributed by atoms with van der Waals surface area (Å²) in [6.45, 7) is 7.86. The summed E-state index contributed by atoms with van der Waals surface area (Å²) in [5.41, 5.74) is 3.04. The topological polar surface area (TPSA) is 64.0 Å². The normalized spacial score (nSPS) is 12.2. The van der Waals surface area contributed by atoms with Crippen molar-refractivity contribution in [3.63, 3.8) is 0 Å². The first-order valence-electron chi connectivity index (χ1n) is 11.1. The van der Waals surface area contributed by atoms with E-state index in [0.717, 1.165) is 28.6 Å². The van der Waals surface area contributed by atoms with Gasteiger partial charge >= 0.3 is 0 Å². The third-order valence-corrected chi connectivity index (χ3v) is 6.72. The molecule has 34 heavy (non-hydrogen) atoms. The van der Waals surface area contributed by atoms with E-state index in [1.165, 1.54) is 16.7 Å². The third-order valence-electron chi connectivity index (χ3n) is 5.66. The van der Waals surface area contributed by atoms with Gasteiger partial charge in [0, 0.05) is 5.69 Å². The molecule has 5 nitrogen and oxygen atoms in total. The molecular formula is C27H26FN3O2S. The standard InChI is InChI=1S/C27H26FN3O2S/c1-16(2)19-12-9-10-17(3)24(19)30-25(32)18(4)34-27-29-22-14-7-5-11-20(22)26(33)31(27)23-15-8-6-13-21(23)28/h5-16,18H,1-4H3,(H,30,32). The van der Waals surface area contributed by atoms with Crippen molar-refractivity contribution in [2.75, 3.05) is 5.32 Å². The van der Waals surface area contributed by atoms with E-state index in [9.17, 15) is 14.0 Å². The molecule has 1 unspecified atom stereocenters. The van der Waals surface area contributed by atoms with Gasteiger partial charge in [0.25, 0.3) is 5.56 Å². The van der Waals surface area contributed by atoms with Crippen LogP contribution in [-0.2, 0) is 4.79 Å². The van der Waals surface area contributed by atoms with Crippen molar-refractivity contribution in [2.24, 2.45) is 0 Å². The highest BCUT2D eigenvalue weighted by Crippen LogP contribution is 2.30. The molecular weight excluding hydrogens is 449 g/mol. The van der Waals surface area contributed by atoms with Crippen molar-refractivity contribution in [1.82, 2.24) is 9.55 Å². The predicted octanol–water partition coefficient (Wildman–Crippen LogP) is 6.08. The first-order valence-corrected chi connectivity index (χ1v) is 12.0. The van der Waals surface area contributed by atoms with Crippen LogP contribution in [0.2, 0.25) is 0 Å². The molecule has 4 aromatic rings. The molecule has 0 bridgehead atoms. The highest BCUT2D eigenvalue weighted by atomic mass is 32.2. The Morgan fingerprint density at radius 3 is 2.44 bits per heavy atom. The number of thioether (sulfide) groups is 1. The highest BCUT2D eigenvalue weighted by Gasteiger charge is 2.23. The Hall–Kier alpha value is -3.45. The lowest BCUT2D eigenvalue weighted by Crippen LogP contribution is -2.27. The number of benzene rings is 3. The van der Waals surface area contributed by atoms with Gasteiger partial charge in [0.1, 0.15) is 5.82 Å². The van der Waals surface area contributed by atoms with Crippen LogP contribution in [-0.4, -0.2) is 20.7 Å². The number of carbonyl (C=O) groups excluding carboxylic acids is 1. The Morgan fingerprint density at radius 1 is 1.00 bits per heavy atom. The summed E-state index contributed by atoms with van der Waals surface area (Å²) in [5, 5.41) is 3.10. The smallest absolute Gasteiger partial charge is 0.266 e. The fourth-order valence-electron chi connectivity index (χ4n) is 3.82. The van der Waals surface area contributed by atoms with E-state index in [0.29, 0.717) is 10.9 Å². The number of hydrogen-bond donors (Lipinski definition) is 1. The van der Waals surface area contributed by atoms with Crippen LogP contribution in [0.3, 0.4) is 0 Å². The second-order valence-corrected chi connectivity index (χ2v) is 9.75. The maximum absolute atomic E-state index is 14.7. The monoisotopic (exact) mass is 475 g/mol. The van der Waals surface area contributed by atoms with Crippen LogP contribution in [0.1, 0.15) is 37.8 Å². The molecule has 0 spiro atoms. The lowest BCUT2D eigenvalue weighted by molar-refractivity contribution is -0.115. The van der Waals surface area contributed by atoms with Gasteiger partial charge in [-0.2, -0.15) is 0 Å². The average molecular weight is 476 g/mol. The molecule has 0 saturated carbocycles. The van der Waals surface area contributed by atoms with Crippen molar-refractivity contribution < 1.29 is 9.18 Å². The summed E-state index contributed by atoms with van der Waals surface area (Å²) in [4.78, 5) is 31.2. The summed E-state index contributed by atoms with van der Waals surface area (Å²) >= 11 is 1.12. The number of carbonyl (C=O) groups is 1. The van der Waals surface area contributed by atoms with Crippen LogP contribution in [0, 0.1) is 12.7 Å². The Morgan fingerprint density at radius 2 is 1.71 bits per heavy atom. The number of amides is 1. The van der Waals surface area contributed by atoms with Gasteiger partial charge < -0.3 is 5.32 Å². The van der Waals surface area contributed by atoms with Crippen LogP contribution in [0.25, 0.3) is 16.6 Å². The van der Waals surface area contributed by atoms with E-state index in [-0.39, 0.29) is 28.2 Å². The predicted molar refractivity (Wildman–Crippen MR) is 137 cm³/mol. The number of hydrogen-bond acceptors (Lipinski definition) is 4. The number of nitrogens with zero attached hydrogens (tertiary/aromatic N) is 2. The quantitative estimate of drug-likeness (QED) is 0.271. The molecule has 1 aromatic heterocycles. The first kappa shape index (κ1) is 23.7. The fourth-order valence-corrected chi connectivity index (χ4v) is 4.74. The van der Waals surface area contributed by atoms with E-state index >= 15 is 0 Å². The van der Waals surface area contributed by atoms with Crippen molar-refractivity contribution >= 4 is 34.3 Å². The van der Waals surface area contributed by atoms with Gasteiger partial charge in [0.2, 0.25) is 5.91 Å². The minimum atomic E-state index is -0.592. The number of nitrogens with one attached hydrogen (secondary N) is 1. The molecule has 1 heterocycles. The van der Waals surface area contributed by atoms with Crippen LogP contribution in [0.4, 0.5) is 10.1 Å². The van der Waals surface area contributed by atoms with E-state index in [1.54, 1.807) is 43.3 Å². The Bertz CT molecular complexity index is 1430. The van der Waals surface area contributed by atoms with Gasteiger partial charge in [0.05, 0.1) is 21.8 Å². The maximum atomic E-state index is 14.7. The van der Waals surface area contributed by atoms with E-state index in [2.05, 4.69) is 24.1 Å². The molecule has 0 aliphatic heterocycles. The van der Waals surface area contributed by atoms with E-state index in [4.69, 9.17) is 0 Å². The lowest BCUT2D eigenvalue weighted by Gasteiger charge is -2.19. The number of rotatable bonds is 6. The number of anilines is 1. The zero-order valence-electron chi connectivity index (χ0n) is 19.5. The Labute approximate surface area is 202 Å². The van der Waals surface area contributed by atoms with E-state index < -0.39 is 11.1 Å². The molecule has 7 heteroatoms. The minimum absolute atomic E-state index is 0.0989. The molecule has 4 rings (SSSR count). The van der Waals surface area contributed by atoms with Crippen molar-refractivity contribution in [1.29, 1.82) is 0 Å². The number of para-hydroxylation sites is 3. The van der Waals surface area contributed by atoms with Gasteiger partial charge in [-0.05, 0) is 55.2 Å². The van der Waals surface area contributed by atoms with Crippen LogP contribution < -0.4 is 10.9 Å². The molecule has 0 fully saturated rings. The lowest BCUT2D eigenvalue weighted by atomic mass is 9.98. The summed E-state index contributed by atoms with van der Waals surface area (Å²) in [7, 11) is 0. The van der Waals surface area contributed by atoms with Gasteiger partial charge in [-0.1, -0.05) is 68.1 Å². The van der Waals surface area contributed by atoms with Crippen molar-refractivity contribution in [2.45, 2.75) is 44.0 Å². The highest BCUT2D eigenvalue weighted by molar-refractivity contribution is 8.00. The van der Waals surface area contributed by atoms with Crippen LogP contribution >= 0.6 is 11.8 Å². The number of halogens is 1. The van der Waals surface area contributed by atoms with E-state index in [1.807, 2.05) is 25.1 Å². The molecule has 1 atom stereocenters. The molecule has 1 N–H and O–H groups in total. The second kappa shape index (κ2) is 9.81. The molecule has 3 aromatic carbocycles. The number of aryl methyl sites for hydroxylation is 1. The van der Waals surface area contributed by atoms with Gasteiger partial charge in [-0.3, -0.25) is 14.2 Å². The Kier molecular flexibility index (Phi) is 6.84.